The molecule has 0 aromatic heterocycles. The molecule has 0 unspecified atom stereocenters. The van der Waals surface area contributed by atoms with Gasteiger partial charge in [-0.2, -0.15) is 0 Å². The van der Waals surface area contributed by atoms with E-state index in [2.05, 4.69) is 5.32 Å². The molecule has 0 aliphatic rings. The second kappa shape index (κ2) is 7.26. The molecule has 0 aliphatic heterocycles. The van der Waals surface area contributed by atoms with E-state index < -0.39 is 5.60 Å². The Kier molecular flexibility index (Phi) is 6.75. The molecule has 4 nitrogen and oxygen atoms in total. The van der Waals surface area contributed by atoms with Gasteiger partial charge in [-0.1, -0.05) is 6.42 Å². The first-order valence-corrected chi connectivity index (χ1v) is 5.27. The zero-order chi connectivity index (χ0) is 11.7. The second-order valence-electron chi connectivity index (χ2n) is 4.38. The van der Waals surface area contributed by atoms with Crippen LogP contribution in [0.1, 0.15) is 46.5 Å². The van der Waals surface area contributed by atoms with Crippen LogP contribution in [0.3, 0.4) is 0 Å². The predicted molar refractivity (Wildman–Crippen MR) is 58.4 cm³/mol. The van der Waals surface area contributed by atoms with E-state index in [1.807, 2.05) is 27.1 Å². The second-order valence-corrected chi connectivity index (χ2v) is 4.38. The maximum absolute atomic E-state index is 11.2. The van der Waals surface area contributed by atoms with Crippen molar-refractivity contribution in [2.45, 2.75) is 52.1 Å². The van der Waals surface area contributed by atoms with Gasteiger partial charge in [0, 0.05) is 13.0 Å². The van der Waals surface area contributed by atoms with Crippen LogP contribution < -0.4 is 5.32 Å². The standard InChI is InChI=1S/C11H20NO3/c1-11(2,3)15-10(14)12-8-6-4-5-7-9-13/h4-8H2,1-3H3,(H,12,14). The van der Waals surface area contributed by atoms with Gasteiger partial charge in [0.25, 0.3) is 0 Å². The summed E-state index contributed by atoms with van der Waals surface area (Å²) in [4.78, 5) is 21.0. The van der Waals surface area contributed by atoms with Crippen molar-refractivity contribution >= 4 is 12.4 Å². The summed E-state index contributed by atoms with van der Waals surface area (Å²) in [5.74, 6) is 0. The molecule has 4 heteroatoms. The van der Waals surface area contributed by atoms with Crippen LogP contribution in [0.2, 0.25) is 0 Å². The van der Waals surface area contributed by atoms with E-state index in [1.165, 1.54) is 0 Å². The first-order chi connectivity index (χ1) is 6.95. The number of amides is 1. The van der Waals surface area contributed by atoms with E-state index in [-0.39, 0.29) is 6.09 Å². The highest BCUT2D eigenvalue weighted by molar-refractivity contribution is 5.67. The molecule has 0 aliphatic carbocycles. The number of nitrogens with one attached hydrogen (secondary N) is 1. The molecule has 0 rings (SSSR count). The van der Waals surface area contributed by atoms with Gasteiger partial charge in [-0.15, -0.1) is 0 Å². The normalized spacial score (nSPS) is 10.9. The Morgan fingerprint density at radius 3 is 2.47 bits per heavy atom. The van der Waals surface area contributed by atoms with Gasteiger partial charge in [0.1, 0.15) is 5.60 Å². The highest BCUT2D eigenvalue weighted by Gasteiger charge is 2.15. The van der Waals surface area contributed by atoms with Crippen LogP contribution in [0.5, 0.6) is 0 Å². The molecule has 0 saturated heterocycles. The van der Waals surface area contributed by atoms with Gasteiger partial charge < -0.3 is 10.1 Å². The lowest BCUT2D eigenvalue weighted by atomic mass is 10.2. The molecular weight excluding hydrogens is 194 g/mol. The van der Waals surface area contributed by atoms with Crippen LogP contribution in [-0.2, 0) is 9.53 Å². The number of ether oxygens (including phenoxy) is 1. The summed E-state index contributed by atoms with van der Waals surface area (Å²) in [7, 11) is 0. The smallest absolute Gasteiger partial charge is 0.407 e. The topological polar surface area (TPSA) is 55.4 Å². The van der Waals surface area contributed by atoms with E-state index in [1.54, 1.807) is 0 Å². The number of hydrogen-bond donors (Lipinski definition) is 1. The van der Waals surface area contributed by atoms with Crippen LogP contribution in [0, 0.1) is 0 Å². The molecule has 0 bridgehead atoms. The molecule has 0 heterocycles. The lowest BCUT2D eigenvalue weighted by Crippen LogP contribution is -2.32. The Labute approximate surface area is 91.4 Å². The van der Waals surface area contributed by atoms with Crippen molar-refractivity contribution in [1.29, 1.82) is 0 Å². The summed E-state index contributed by atoms with van der Waals surface area (Å²) in [5.41, 5.74) is -0.448. The molecular formula is C11H20NO3. The van der Waals surface area contributed by atoms with Crippen molar-refractivity contribution in [1.82, 2.24) is 5.32 Å². The summed E-state index contributed by atoms with van der Waals surface area (Å²) in [6.45, 7) is 6.07. The number of hydrogen-bond acceptors (Lipinski definition) is 3. The van der Waals surface area contributed by atoms with E-state index >= 15 is 0 Å². The van der Waals surface area contributed by atoms with Crippen molar-refractivity contribution < 1.29 is 14.3 Å². The fraction of sp³-hybridized carbons (Fsp3) is 0.818. The molecule has 0 aromatic rings. The highest BCUT2D eigenvalue weighted by atomic mass is 16.6. The van der Waals surface area contributed by atoms with E-state index in [4.69, 9.17) is 4.74 Å². The fourth-order valence-electron chi connectivity index (χ4n) is 1.00. The third-order valence-corrected chi connectivity index (χ3v) is 1.62. The van der Waals surface area contributed by atoms with Gasteiger partial charge >= 0.3 is 6.09 Å². The van der Waals surface area contributed by atoms with Crippen LogP contribution in [0.4, 0.5) is 4.79 Å². The zero-order valence-corrected chi connectivity index (χ0v) is 9.76. The minimum atomic E-state index is -0.448. The molecule has 1 amide bonds. The van der Waals surface area contributed by atoms with Gasteiger partial charge in [0.2, 0.25) is 0 Å². The summed E-state index contributed by atoms with van der Waals surface area (Å²) in [6, 6.07) is 0. The molecule has 15 heavy (non-hydrogen) atoms. The summed E-state index contributed by atoms with van der Waals surface area (Å²) in [5, 5.41) is 2.66. The van der Waals surface area contributed by atoms with Crippen LogP contribution >= 0.6 is 0 Å². The first kappa shape index (κ1) is 13.9. The Morgan fingerprint density at radius 1 is 1.27 bits per heavy atom. The molecule has 87 valence electrons. The molecule has 0 spiro atoms. The van der Waals surface area contributed by atoms with Crippen molar-refractivity contribution in [3.63, 3.8) is 0 Å². The Hall–Kier alpha value is -1.06. The molecule has 0 aromatic carbocycles. The van der Waals surface area contributed by atoms with Crippen molar-refractivity contribution in [2.24, 2.45) is 0 Å². The Balaban J connectivity index is 3.36. The maximum Gasteiger partial charge on any atom is 0.407 e. The van der Waals surface area contributed by atoms with E-state index in [9.17, 15) is 9.59 Å². The summed E-state index contributed by atoms with van der Waals surface area (Å²) >= 11 is 0. The predicted octanol–water partition coefficient (Wildman–Crippen LogP) is 2.18. The lowest BCUT2D eigenvalue weighted by Gasteiger charge is -2.19. The Bertz CT molecular complexity index is 196. The van der Waals surface area contributed by atoms with Gasteiger partial charge in [-0.05, 0) is 33.6 Å². The van der Waals surface area contributed by atoms with Crippen LogP contribution in [0.25, 0.3) is 0 Å². The van der Waals surface area contributed by atoms with Crippen LogP contribution in [-0.4, -0.2) is 24.5 Å². The van der Waals surface area contributed by atoms with Gasteiger partial charge in [-0.3, -0.25) is 4.79 Å². The average Bonchev–Trinajstić information content (AvgIpc) is 2.08. The van der Waals surface area contributed by atoms with Crippen molar-refractivity contribution in [3.05, 3.63) is 0 Å². The molecule has 1 N–H and O–H groups in total. The highest BCUT2D eigenvalue weighted by Crippen LogP contribution is 2.06. The van der Waals surface area contributed by atoms with Crippen LogP contribution in [0.15, 0.2) is 0 Å². The Morgan fingerprint density at radius 2 is 1.93 bits per heavy atom. The number of unbranched alkanes of at least 4 members (excludes halogenated alkanes) is 3. The van der Waals surface area contributed by atoms with Crippen molar-refractivity contribution in [3.8, 4) is 0 Å². The zero-order valence-electron chi connectivity index (χ0n) is 9.76. The lowest BCUT2D eigenvalue weighted by molar-refractivity contribution is 0.0527. The number of carbonyl (C=O) groups excluding carboxylic acids is 2. The van der Waals surface area contributed by atoms with Gasteiger partial charge in [0.05, 0.1) is 0 Å². The largest absolute Gasteiger partial charge is 0.444 e. The molecule has 0 saturated carbocycles. The van der Waals surface area contributed by atoms with E-state index in [0.717, 1.165) is 19.3 Å². The van der Waals surface area contributed by atoms with Gasteiger partial charge in [0.15, 0.2) is 6.29 Å². The first-order valence-electron chi connectivity index (χ1n) is 5.27. The van der Waals surface area contributed by atoms with Crippen molar-refractivity contribution in [2.75, 3.05) is 6.54 Å². The number of carbonyl (C=O) groups is 1. The van der Waals surface area contributed by atoms with E-state index in [0.29, 0.717) is 13.0 Å². The quantitative estimate of drug-likeness (QED) is 0.689. The molecule has 1 radical (unpaired) electrons. The fourth-order valence-corrected chi connectivity index (χ4v) is 1.00. The van der Waals surface area contributed by atoms with Gasteiger partial charge in [-0.25, -0.2) is 4.79 Å². The summed E-state index contributed by atoms with van der Waals surface area (Å²) in [6.07, 6.45) is 4.55. The monoisotopic (exact) mass is 214 g/mol. The number of alkyl carbamates (subject to hydrolysis) is 1. The minimum absolute atomic E-state index is 0.385. The third kappa shape index (κ3) is 10.9. The molecule has 0 fully saturated rings. The third-order valence-electron chi connectivity index (χ3n) is 1.62. The average molecular weight is 214 g/mol. The maximum atomic E-state index is 11.2. The number of rotatable bonds is 6. The SMILES string of the molecule is CC(C)(C)OC(=O)NCCCCC[C]=O. The minimum Gasteiger partial charge on any atom is -0.444 e. The molecule has 0 atom stereocenters. The summed E-state index contributed by atoms with van der Waals surface area (Å²) < 4.78 is 5.05.